The van der Waals surface area contributed by atoms with E-state index in [1.807, 2.05) is 12.3 Å². The summed E-state index contributed by atoms with van der Waals surface area (Å²) in [6.45, 7) is 1.86. The molecule has 0 amide bonds. The predicted octanol–water partition coefficient (Wildman–Crippen LogP) is 1.40. The number of aromatic nitrogens is 2. The summed E-state index contributed by atoms with van der Waals surface area (Å²) >= 11 is 1.44. The number of rotatable bonds is 1. The first kappa shape index (κ1) is 7.30. The highest BCUT2D eigenvalue weighted by molar-refractivity contribution is 7.15. The van der Waals surface area contributed by atoms with Gasteiger partial charge in [0.2, 0.25) is 0 Å². The summed E-state index contributed by atoms with van der Waals surface area (Å²) in [5.41, 5.74) is 1.13. The Labute approximate surface area is 72.1 Å². The second kappa shape index (κ2) is 2.31. The van der Waals surface area contributed by atoms with Crippen LogP contribution in [0, 0.1) is 6.92 Å². The quantitative estimate of drug-likeness (QED) is 0.725. The molecule has 0 bridgehead atoms. The molecule has 4 nitrogen and oxygen atoms in total. The normalized spacial score (nSPS) is 10.8. The molecule has 0 saturated carbocycles. The van der Waals surface area contributed by atoms with Crippen LogP contribution in [0.5, 0.6) is 0 Å². The van der Waals surface area contributed by atoms with Crippen molar-refractivity contribution in [1.29, 1.82) is 0 Å². The van der Waals surface area contributed by atoms with E-state index in [1.165, 1.54) is 17.5 Å². The van der Waals surface area contributed by atoms with E-state index in [0.717, 1.165) is 10.7 Å². The molecule has 2 aromatic heterocycles. The largest absolute Gasteiger partial charge is 0.477 e. The van der Waals surface area contributed by atoms with Crippen molar-refractivity contribution >= 4 is 22.3 Å². The zero-order valence-corrected chi connectivity index (χ0v) is 7.13. The fraction of sp³-hybridized carbons (Fsp3) is 0.143. The highest BCUT2D eigenvalue weighted by atomic mass is 32.1. The van der Waals surface area contributed by atoms with Crippen LogP contribution in [0.3, 0.4) is 0 Å². The van der Waals surface area contributed by atoms with E-state index in [2.05, 4.69) is 4.98 Å². The molecule has 1 N–H and O–H groups in total. The molecule has 0 aliphatic rings. The molecular weight excluding hydrogens is 176 g/mol. The SMILES string of the molecule is Cc1csc2ncc(C(=O)O)n12. The van der Waals surface area contributed by atoms with Crippen molar-refractivity contribution in [2.45, 2.75) is 6.92 Å². The van der Waals surface area contributed by atoms with E-state index in [0.29, 0.717) is 0 Å². The molecule has 2 aromatic rings. The van der Waals surface area contributed by atoms with Gasteiger partial charge in [-0.25, -0.2) is 9.78 Å². The Morgan fingerprint density at radius 2 is 2.50 bits per heavy atom. The van der Waals surface area contributed by atoms with Gasteiger partial charge in [0.15, 0.2) is 10.7 Å². The highest BCUT2D eigenvalue weighted by Gasteiger charge is 2.12. The number of carbonyl (C=O) groups is 1. The van der Waals surface area contributed by atoms with Gasteiger partial charge >= 0.3 is 5.97 Å². The van der Waals surface area contributed by atoms with Crippen molar-refractivity contribution < 1.29 is 9.90 Å². The lowest BCUT2D eigenvalue weighted by atomic mass is 10.4. The van der Waals surface area contributed by atoms with Crippen LogP contribution in [0.4, 0.5) is 0 Å². The summed E-state index contributed by atoms with van der Waals surface area (Å²) in [6, 6.07) is 0. The van der Waals surface area contributed by atoms with Gasteiger partial charge in [-0.1, -0.05) is 0 Å². The Morgan fingerprint density at radius 3 is 3.17 bits per heavy atom. The maximum Gasteiger partial charge on any atom is 0.354 e. The minimum Gasteiger partial charge on any atom is -0.477 e. The summed E-state index contributed by atoms with van der Waals surface area (Å²) in [6.07, 6.45) is 1.38. The molecule has 0 unspecified atom stereocenters. The summed E-state index contributed by atoms with van der Waals surface area (Å²) in [5.74, 6) is -0.941. The van der Waals surface area contributed by atoms with E-state index in [-0.39, 0.29) is 5.69 Å². The van der Waals surface area contributed by atoms with Crippen LogP contribution < -0.4 is 0 Å². The van der Waals surface area contributed by atoms with Crippen molar-refractivity contribution in [2.24, 2.45) is 0 Å². The van der Waals surface area contributed by atoms with Crippen LogP contribution in [0.15, 0.2) is 11.6 Å². The van der Waals surface area contributed by atoms with Crippen LogP contribution in [-0.2, 0) is 0 Å². The third kappa shape index (κ3) is 0.831. The molecule has 0 saturated heterocycles. The Balaban J connectivity index is 2.83. The average molecular weight is 182 g/mol. The third-order valence-corrected chi connectivity index (χ3v) is 2.59. The monoisotopic (exact) mass is 182 g/mol. The van der Waals surface area contributed by atoms with Crippen LogP contribution in [-0.4, -0.2) is 20.5 Å². The molecular formula is C7H6N2O2S. The number of aromatic carboxylic acids is 1. The second-order valence-corrected chi connectivity index (χ2v) is 3.28. The Kier molecular flexibility index (Phi) is 1.41. The van der Waals surface area contributed by atoms with E-state index in [9.17, 15) is 4.79 Å². The summed E-state index contributed by atoms with van der Waals surface area (Å²) in [5, 5.41) is 10.6. The van der Waals surface area contributed by atoms with Gasteiger partial charge in [0.25, 0.3) is 0 Å². The second-order valence-electron chi connectivity index (χ2n) is 2.44. The van der Waals surface area contributed by atoms with Crippen LogP contribution >= 0.6 is 11.3 Å². The molecule has 0 aromatic carbocycles. The smallest absolute Gasteiger partial charge is 0.354 e. The van der Waals surface area contributed by atoms with Crippen LogP contribution in [0.1, 0.15) is 16.2 Å². The molecule has 5 heteroatoms. The Hall–Kier alpha value is -1.36. The maximum atomic E-state index is 10.7. The van der Waals surface area contributed by atoms with E-state index < -0.39 is 5.97 Å². The molecule has 62 valence electrons. The van der Waals surface area contributed by atoms with E-state index in [4.69, 9.17) is 5.11 Å². The minimum atomic E-state index is -0.941. The average Bonchev–Trinajstić information content (AvgIpc) is 2.53. The van der Waals surface area contributed by atoms with Crippen molar-refractivity contribution in [3.05, 3.63) is 23.0 Å². The fourth-order valence-electron chi connectivity index (χ4n) is 1.10. The predicted molar refractivity (Wildman–Crippen MR) is 44.8 cm³/mol. The van der Waals surface area contributed by atoms with E-state index in [1.54, 1.807) is 4.40 Å². The standard InChI is InChI=1S/C7H6N2O2S/c1-4-3-12-7-8-2-5(6(10)11)9(4)7/h2-3H,1H3,(H,10,11). The lowest BCUT2D eigenvalue weighted by Crippen LogP contribution is -2.01. The number of carboxylic acid groups (broad SMARTS) is 1. The van der Waals surface area contributed by atoms with Crippen molar-refractivity contribution in [1.82, 2.24) is 9.38 Å². The molecule has 0 aliphatic heterocycles. The number of hydrogen-bond acceptors (Lipinski definition) is 3. The van der Waals surface area contributed by atoms with Crippen LogP contribution in [0.2, 0.25) is 0 Å². The molecule has 0 aliphatic carbocycles. The fourth-order valence-corrected chi connectivity index (χ4v) is 1.94. The van der Waals surface area contributed by atoms with E-state index >= 15 is 0 Å². The number of nitrogens with zero attached hydrogens (tertiary/aromatic N) is 2. The van der Waals surface area contributed by atoms with Crippen molar-refractivity contribution in [3.63, 3.8) is 0 Å². The van der Waals surface area contributed by atoms with Crippen molar-refractivity contribution in [2.75, 3.05) is 0 Å². The van der Waals surface area contributed by atoms with Gasteiger partial charge in [-0.2, -0.15) is 0 Å². The zero-order valence-electron chi connectivity index (χ0n) is 6.31. The molecule has 0 radical (unpaired) electrons. The molecule has 2 rings (SSSR count). The Morgan fingerprint density at radius 1 is 1.75 bits per heavy atom. The van der Waals surface area contributed by atoms with Crippen LogP contribution in [0.25, 0.3) is 4.96 Å². The molecule has 0 atom stereocenters. The number of aryl methyl sites for hydroxylation is 1. The van der Waals surface area contributed by atoms with Gasteiger partial charge < -0.3 is 5.11 Å². The topological polar surface area (TPSA) is 54.6 Å². The number of imidazole rings is 1. The first-order chi connectivity index (χ1) is 5.70. The molecule has 0 fully saturated rings. The minimum absolute atomic E-state index is 0.226. The van der Waals surface area contributed by atoms with Gasteiger partial charge in [-0.3, -0.25) is 4.40 Å². The molecule has 2 heterocycles. The van der Waals surface area contributed by atoms with Gasteiger partial charge in [0.05, 0.1) is 6.20 Å². The van der Waals surface area contributed by atoms with Gasteiger partial charge in [0, 0.05) is 11.1 Å². The third-order valence-electron chi connectivity index (χ3n) is 1.64. The lowest BCUT2D eigenvalue weighted by molar-refractivity contribution is 0.0689. The number of thiazole rings is 1. The summed E-state index contributed by atoms with van der Waals surface area (Å²) < 4.78 is 1.63. The summed E-state index contributed by atoms with van der Waals surface area (Å²) in [4.78, 5) is 15.4. The Bertz CT molecular complexity index is 443. The highest BCUT2D eigenvalue weighted by Crippen LogP contribution is 2.16. The van der Waals surface area contributed by atoms with Gasteiger partial charge in [0.1, 0.15) is 0 Å². The van der Waals surface area contributed by atoms with Crippen molar-refractivity contribution in [3.8, 4) is 0 Å². The zero-order chi connectivity index (χ0) is 8.72. The maximum absolute atomic E-state index is 10.7. The van der Waals surface area contributed by atoms with Gasteiger partial charge in [-0.15, -0.1) is 11.3 Å². The first-order valence-corrected chi connectivity index (χ1v) is 4.23. The molecule has 12 heavy (non-hydrogen) atoms. The lowest BCUT2D eigenvalue weighted by Gasteiger charge is -1.92. The number of carboxylic acids is 1. The van der Waals surface area contributed by atoms with Gasteiger partial charge in [-0.05, 0) is 6.92 Å². The molecule has 0 spiro atoms. The first-order valence-electron chi connectivity index (χ1n) is 3.35. The number of fused-ring (bicyclic) bond motifs is 1. The number of hydrogen-bond donors (Lipinski definition) is 1. The summed E-state index contributed by atoms with van der Waals surface area (Å²) in [7, 11) is 0.